The number of nitrogens with zero attached hydrogens (tertiary/aromatic N) is 1. The number of methoxy groups -OCH3 is 2. The average Bonchev–Trinajstić information content (AvgIpc) is 2.87. The number of benzene rings is 3. The summed E-state index contributed by atoms with van der Waals surface area (Å²) in [4.78, 5) is 15.4. The fraction of sp³-hybridized carbons (Fsp3) is 0.296. The fourth-order valence-electron chi connectivity index (χ4n) is 4.54. The van der Waals surface area contributed by atoms with Crippen molar-refractivity contribution in [3.8, 4) is 11.5 Å². The van der Waals surface area contributed by atoms with Gasteiger partial charge in [-0.3, -0.25) is 4.90 Å². The molecule has 32 heavy (non-hydrogen) atoms. The third-order valence-corrected chi connectivity index (χ3v) is 6.04. The van der Waals surface area contributed by atoms with E-state index in [0.29, 0.717) is 0 Å². The van der Waals surface area contributed by atoms with Gasteiger partial charge >= 0.3 is 6.09 Å². The highest BCUT2D eigenvalue weighted by Gasteiger charge is 2.39. The molecule has 4 rings (SSSR count). The van der Waals surface area contributed by atoms with Crippen molar-refractivity contribution < 1.29 is 19.0 Å². The summed E-state index contributed by atoms with van der Waals surface area (Å²) in [7, 11) is 3.33. The van der Waals surface area contributed by atoms with Crippen molar-refractivity contribution in [2.24, 2.45) is 0 Å². The van der Waals surface area contributed by atoms with Crippen LogP contribution in [0.5, 0.6) is 11.5 Å². The SMILES string of the molecule is COc1ccccc1[C@H]1CCC[C@H](c2ccccc2OC)N1C(=O)OCc1ccccc1. The van der Waals surface area contributed by atoms with Gasteiger partial charge in [0.1, 0.15) is 18.1 Å². The first kappa shape index (κ1) is 21.8. The van der Waals surface area contributed by atoms with Crippen LogP contribution in [-0.4, -0.2) is 25.2 Å². The Hall–Kier alpha value is -3.47. The molecule has 3 aromatic carbocycles. The van der Waals surface area contributed by atoms with E-state index >= 15 is 0 Å². The zero-order valence-corrected chi connectivity index (χ0v) is 18.6. The highest BCUT2D eigenvalue weighted by molar-refractivity contribution is 5.70. The Morgan fingerprint density at radius 2 is 1.28 bits per heavy atom. The van der Waals surface area contributed by atoms with Crippen LogP contribution in [0.4, 0.5) is 4.79 Å². The Balaban J connectivity index is 1.71. The molecule has 0 aromatic heterocycles. The monoisotopic (exact) mass is 431 g/mol. The molecule has 1 fully saturated rings. The number of ether oxygens (including phenoxy) is 3. The fourth-order valence-corrected chi connectivity index (χ4v) is 4.54. The molecule has 0 spiro atoms. The Bertz CT molecular complexity index is 981. The van der Waals surface area contributed by atoms with Crippen molar-refractivity contribution in [3.63, 3.8) is 0 Å². The van der Waals surface area contributed by atoms with Gasteiger partial charge in [0, 0.05) is 11.1 Å². The molecule has 1 saturated heterocycles. The molecule has 5 nitrogen and oxygen atoms in total. The van der Waals surface area contributed by atoms with E-state index in [1.807, 2.05) is 83.8 Å². The number of hydrogen-bond acceptors (Lipinski definition) is 4. The number of hydrogen-bond donors (Lipinski definition) is 0. The average molecular weight is 432 g/mol. The lowest BCUT2D eigenvalue weighted by atomic mass is 9.87. The van der Waals surface area contributed by atoms with Gasteiger partial charge in [-0.25, -0.2) is 4.79 Å². The largest absolute Gasteiger partial charge is 0.496 e. The summed E-state index contributed by atoms with van der Waals surface area (Å²) in [5, 5.41) is 0. The summed E-state index contributed by atoms with van der Waals surface area (Å²) in [6.45, 7) is 0.230. The summed E-state index contributed by atoms with van der Waals surface area (Å²) < 4.78 is 17.1. The van der Waals surface area contributed by atoms with E-state index in [4.69, 9.17) is 14.2 Å². The Labute approximate surface area is 189 Å². The number of likely N-dealkylation sites (tertiary alicyclic amines) is 1. The normalized spacial score (nSPS) is 18.1. The summed E-state index contributed by atoms with van der Waals surface area (Å²) >= 11 is 0. The zero-order chi connectivity index (χ0) is 22.3. The minimum absolute atomic E-state index is 0.155. The Kier molecular flexibility index (Phi) is 6.95. The van der Waals surface area contributed by atoms with Crippen LogP contribution in [0.2, 0.25) is 0 Å². The summed E-state index contributed by atoms with van der Waals surface area (Å²) in [5.74, 6) is 1.55. The minimum Gasteiger partial charge on any atom is -0.496 e. The van der Waals surface area contributed by atoms with Crippen molar-refractivity contribution in [1.29, 1.82) is 0 Å². The van der Waals surface area contributed by atoms with Gasteiger partial charge in [0.2, 0.25) is 0 Å². The van der Waals surface area contributed by atoms with E-state index in [2.05, 4.69) is 0 Å². The van der Waals surface area contributed by atoms with Crippen LogP contribution in [0.3, 0.4) is 0 Å². The number of amides is 1. The predicted octanol–water partition coefficient (Wildman–Crippen LogP) is 6.31. The third-order valence-electron chi connectivity index (χ3n) is 6.04. The maximum atomic E-state index is 13.6. The highest BCUT2D eigenvalue weighted by Crippen LogP contribution is 2.46. The molecular formula is C27H29NO4. The lowest BCUT2D eigenvalue weighted by Gasteiger charge is -2.42. The number of rotatable bonds is 6. The van der Waals surface area contributed by atoms with Crippen LogP contribution in [0.15, 0.2) is 78.9 Å². The first-order valence-electron chi connectivity index (χ1n) is 11.0. The second kappa shape index (κ2) is 10.2. The molecule has 0 radical (unpaired) electrons. The lowest BCUT2D eigenvalue weighted by Crippen LogP contribution is -2.41. The summed E-state index contributed by atoms with van der Waals surface area (Å²) in [6, 6.07) is 25.2. The first-order valence-corrected chi connectivity index (χ1v) is 11.0. The maximum absolute atomic E-state index is 13.6. The van der Waals surface area contributed by atoms with Crippen molar-refractivity contribution in [2.45, 2.75) is 38.0 Å². The number of para-hydroxylation sites is 2. The molecule has 0 N–H and O–H groups in total. The number of piperidine rings is 1. The molecule has 5 heteroatoms. The quantitative estimate of drug-likeness (QED) is 0.459. The molecule has 1 amide bonds. The van der Waals surface area contributed by atoms with E-state index in [0.717, 1.165) is 47.5 Å². The molecule has 2 atom stereocenters. The Morgan fingerprint density at radius 3 is 1.81 bits per heavy atom. The first-order chi connectivity index (χ1) is 15.7. The van der Waals surface area contributed by atoms with Gasteiger partial charge in [0.15, 0.2) is 0 Å². The van der Waals surface area contributed by atoms with Crippen LogP contribution >= 0.6 is 0 Å². The van der Waals surface area contributed by atoms with Crippen molar-refractivity contribution in [1.82, 2.24) is 4.90 Å². The molecule has 0 saturated carbocycles. The van der Waals surface area contributed by atoms with Crippen LogP contribution in [0.25, 0.3) is 0 Å². The summed E-state index contributed by atoms with van der Waals surface area (Å²) in [6.07, 6.45) is 2.33. The smallest absolute Gasteiger partial charge is 0.411 e. The molecule has 0 bridgehead atoms. The van der Waals surface area contributed by atoms with E-state index in [1.165, 1.54) is 0 Å². The predicted molar refractivity (Wildman–Crippen MR) is 124 cm³/mol. The topological polar surface area (TPSA) is 48.0 Å². The van der Waals surface area contributed by atoms with Gasteiger partial charge in [-0.15, -0.1) is 0 Å². The van der Waals surface area contributed by atoms with E-state index < -0.39 is 0 Å². The van der Waals surface area contributed by atoms with E-state index in [9.17, 15) is 4.79 Å². The minimum atomic E-state index is -0.333. The molecule has 0 unspecified atom stereocenters. The van der Waals surface area contributed by atoms with Gasteiger partial charge < -0.3 is 14.2 Å². The zero-order valence-electron chi connectivity index (χ0n) is 18.6. The third kappa shape index (κ3) is 4.57. The van der Waals surface area contributed by atoms with E-state index in [1.54, 1.807) is 14.2 Å². The van der Waals surface area contributed by atoms with Gasteiger partial charge in [-0.05, 0) is 37.0 Å². The van der Waals surface area contributed by atoms with Gasteiger partial charge in [-0.1, -0.05) is 66.7 Å². The van der Waals surface area contributed by atoms with Crippen molar-refractivity contribution >= 4 is 6.09 Å². The molecule has 0 aliphatic carbocycles. The summed E-state index contributed by atoms with van der Waals surface area (Å²) in [5.41, 5.74) is 2.94. The molecule has 166 valence electrons. The second-order valence-corrected chi connectivity index (χ2v) is 7.89. The van der Waals surface area contributed by atoms with Gasteiger partial charge in [0.05, 0.1) is 26.3 Å². The molecular weight excluding hydrogens is 402 g/mol. The number of carbonyl (C=O) groups is 1. The highest BCUT2D eigenvalue weighted by atomic mass is 16.6. The van der Waals surface area contributed by atoms with Crippen LogP contribution in [-0.2, 0) is 11.3 Å². The molecule has 1 heterocycles. The van der Waals surface area contributed by atoms with Crippen LogP contribution in [0.1, 0.15) is 48.0 Å². The molecule has 1 aliphatic rings. The van der Waals surface area contributed by atoms with Crippen molar-refractivity contribution in [2.75, 3.05) is 14.2 Å². The van der Waals surface area contributed by atoms with Crippen molar-refractivity contribution in [3.05, 3.63) is 95.6 Å². The van der Waals surface area contributed by atoms with Gasteiger partial charge in [0.25, 0.3) is 0 Å². The standard InChI is InChI=1S/C27H29NO4/c1-30-25-17-8-6-13-21(25)23-15-10-16-24(22-14-7-9-18-26(22)31-2)28(23)27(29)32-19-20-11-4-3-5-12-20/h3-9,11-14,17-18,23-24H,10,15-16,19H2,1-2H3/t23-,24-/m1/s1. The molecule has 3 aromatic rings. The van der Waals surface area contributed by atoms with Crippen LogP contribution in [0, 0.1) is 0 Å². The lowest BCUT2D eigenvalue weighted by molar-refractivity contribution is 0.0392. The van der Waals surface area contributed by atoms with Crippen LogP contribution < -0.4 is 9.47 Å². The van der Waals surface area contributed by atoms with Gasteiger partial charge in [-0.2, -0.15) is 0 Å². The number of carbonyl (C=O) groups excluding carboxylic acids is 1. The molecule has 1 aliphatic heterocycles. The van der Waals surface area contributed by atoms with E-state index in [-0.39, 0.29) is 24.8 Å². The maximum Gasteiger partial charge on any atom is 0.411 e. The Morgan fingerprint density at radius 1 is 0.781 bits per heavy atom. The second-order valence-electron chi connectivity index (χ2n) is 7.89.